The quantitative estimate of drug-likeness (QED) is 0.152. The van der Waals surface area contributed by atoms with Crippen LogP contribution in [0.15, 0.2) is 207 Å². The highest BCUT2D eigenvalue weighted by atomic mass is 15.1. The molecular formula is C66H78N8. The molecule has 0 N–H and O–H groups in total. The maximum Gasteiger partial charge on any atom is 0.0477 e. The van der Waals surface area contributed by atoms with Crippen LogP contribution in [-0.2, 0) is 67.0 Å². The van der Waals surface area contributed by atoms with Crippen molar-refractivity contribution in [3.63, 3.8) is 0 Å². The van der Waals surface area contributed by atoms with Gasteiger partial charge >= 0.3 is 0 Å². The maximum atomic E-state index is 2.33. The monoisotopic (exact) mass is 983 g/mol. The highest BCUT2D eigenvalue weighted by Gasteiger charge is 2.19. The van der Waals surface area contributed by atoms with Crippen LogP contribution in [-0.4, -0.2) is 69.3 Å². The van der Waals surface area contributed by atoms with E-state index in [0.717, 1.165) is 25.9 Å². The van der Waals surface area contributed by atoms with Crippen LogP contribution in [0.2, 0.25) is 0 Å². The third-order valence-electron chi connectivity index (χ3n) is 14.5. The van der Waals surface area contributed by atoms with Gasteiger partial charge in [0.25, 0.3) is 0 Å². The van der Waals surface area contributed by atoms with Crippen LogP contribution in [0.3, 0.4) is 0 Å². The van der Waals surface area contributed by atoms with Crippen LogP contribution in [0.1, 0.15) is 51.2 Å². The van der Waals surface area contributed by atoms with E-state index in [1.165, 1.54) is 105 Å². The van der Waals surface area contributed by atoms with Gasteiger partial charge in [0.1, 0.15) is 0 Å². The molecule has 8 heterocycles. The zero-order valence-electron chi connectivity index (χ0n) is 45.2. The molecule has 4 aromatic carbocycles. The van der Waals surface area contributed by atoms with Gasteiger partial charge in [-0.3, -0.25) is 4.90 Å². The predicted molar refractivity (Wildman–Crippen MR) is 315 cm³/mol. The van der Waals surface area contributed by atoms with Crippen LogP contribution in [0.25, 0.3) is 23.1 Å². The first-order chi connectivity index (χ1) is 36.0. The Morgan fingerprint density at radius 1 is 0.473 bits per heavy atom. The normalized spacial score (nSPS) is 16.0. The number of fused-ring (bicyclic) bond motifs is 7. The molecule has 0 spiro atoms. The number of para-hydroxylation sites is 3. The van der Waals surface area contributed by atoms with Crippen molar-refractivity contribution in [3.05, 3.63) is 251 Å². The Hall–Kier alpha value is -7.68. The van der Waals surface area contributed by atoms with E-state index >= 15 is 0 Å². The number of benzene rings is 4. The van der Waals surface area contributed by atoms with Crippen molar-refractivity contribution in [2.45, 2.75) is 45.2 Å². The number of aryl methyl sites for hydroxylation is 5. The maximum absolute atomic E-state index is 2.33. The van der Waals surface area contributed by atoms with Gasteiger partial charge in [-0.05, 0) is 132 Å². The minimum Gasteiger partial charge on any atom is -0.374 e. The average molecular weight is 983 g/mol. The Kier molecular flexibility index (Phi) is 18.4. The topological polar surface area (TPSA) is 32.7 Å². The zero-order chi connectivity index (χ0) is 51.8. The molecule has 1 unspecified atom stereocenters. The molecule has 8 heteroatoms. The molecule has 0 amide bonds. The van der Waals surface area contributed by atoms with Crippen molar-refractivity contribution in [2.24, 2.45) is 34.1 Å². The molecule has 0 saturated carbocycles. The van der Waals surface area contributed by atoms with Crippen LogP contribution in [0, 0.1) is 5.92 Å². The molecule has 4 aliphatic heterocycles. The largest absolute Gasteiger partial charge is 0.374 e. The number of hydrogen-bond acceptors (Lipinski definition) is 4. The highest BCUT2D eigenvalue weighted by Crippen LogP contribution is 2.29. The molecule has 0 bridgehead atoms. The summed E-state index contributed by atoms with van der Waals surface area (Å²) in [5.74, 6) is 0.579. The van der Waals surface area contributed by atoms with Crippen LogP contribution >= 0.6 is 0 Å². The molecule has 4 aromatic heterocycles. The first-order valence-corrected chi connectivity index (χ1v) is 26.3. The molecule has 74 heavy (non-hydrogen) atoms. The van der Waals surface area contributed by atoms with Gasteiger partial charge in [-0.15, -0.1) is 0 Å². The lowest BCUT2D eigenvalue weighted by molar-refractivity contribution is 0.353. The summed E-state index contributed by atoms with van der Waals surface area (Å²) in [6, 6.07) is 44.7. The lowest BCUT2D eigenvalue weighted by Crippen LogP contribution is -2.24. The fraction of sp³-hybridized carbons (Fsp3) is 0.273. The van der Waals surface area contributed by atoms with E-state index in [1.54, 1.807) is 0 Å². The van der Waals surface area contributed by atoms with Gasteiger partial charge in [0.05, 0.1) is 0 Å². The number of allylic oxidation sites excluding steroid dienone is 5. The fourth-order valence-corrected chi connectivity index (χ4v) is 10.3. The number of rotatable bonds is 0. The van der Waals surface area contributed by atoms with Crippen molar-refractivity contribution in [1.82, 2.24) is 28.1 Å². The summed E-state index contributed by atoms with van der Waals surface area (Å²) in [6.07, 6.45) is 35.8. The van der Waals surface area contributed by atoms with Gasteiger partial charge in [-0.25, -0.2) is 0 Å². The van der Waals surface area contributed by atoms with Crippen molar-refractivity contribution in [2.75, 3.05) is 51.1 Å². The Bertz CT molecular complexity index is 3160. The van der Waals surface area contributed by atoms with E-state index in [2.05, 4.69) is 271 Å². The Labute approximate surface area is 442 Å². The first kappa shape index (κ1) is 52.6. The lowest BCUT2D eigenvalue weighted by Gasteiger charge is -2.26. The fourth-order valence-electron chi connectivity index (χ4n) is 10.3. The van der Waals surface area contributed by atoms with Gasteiger partial charge in [0.2, 0.25) is 0 Å². The van der Waals surface area contributed by atoms with E-state index in [0.29, 0.717) is 5.92 Å². The van der Waals surface area contributed by atoms with E-state index in [-0.39, 0.29) is 0 Å². The summed E-state index contributed by atoms with van der Waals surface area (Å²) in [7, 11) is 16.8. The summed E-state index contributed by atoms with van der Waals surface area (Å²) in [5, 5.41) is 1.31. The summed E-state index contributed by atoms with van der Waals surface area (Å²) in [4.78, 5) is 9.11. The molecule has 7 aliphatic rings. The van der Waals surface area contributed by atoms with Crippen LogP contribution in [0.5, 0.6) is 0 Å². The third kappa shape index (κ3) is 13.9. The molecule has 0 fully saturated rings. The SMILES string of the molecule is CN1C=CC2C=CC=C21.CN1CCCc2ccccc21.CN1CCc2ccccc21.CN1Cc2ccccc2C1.Cn1ccc2c1C=CC2.Cn1ccc2c1CC=C2.Cn1ccc2ccccc21.Cn1cccc1. The molecular weight excluding hydrogens is 905 g/mol. The van der Waals surface area contributed by atoms with Crippen molar-refractivity contribution in [3.8, 4) is 0 Å². The van der Waals surface area contributed by atoms with Crippen molar-refractivity contribution in [1.29, 1.82) is 0 Å². The standard InChI is InChI=1S/C10H13N.2C9H11N.C9H9N.3C8H9N.C5H7N/c1-11-8-4-6-9-5-2-3-7-10(9)11;1-10-6-8-4-2-3-5-9(8)7-10;2*1-10-7-6-8-4-2-3-5-9(8)10;3*1-9-6-5-7-3-2-4-8(7)9;1-6-4-2-3-5-6/h2-3,5,7H,4,6,8H2,1H3;2*2-5H,6-7H2,1H3;2-7H,1H3;2,4-6H,3H2,1H3;2-3,5-6H,4H2,1H3;2-7H,1H3;2-5H,1H3. The van der Waals surface area contributed by atoms with Crippen molar-refractivity contribution >= 4 is 34.4 Å². The predicted octanol–water partition coefficient (Wildman–Crippen LogP) is 13.3. The molecule has 3 aliphatic carbocycles. The lowest BCUT2D eigenvalue weighted by atomic mass is 10.0. The zero-order valence-corrected chi connectivity index (χ0v) is 45.2. The van der Waals surface area contributed by atoms with Crippen molar-refractivity contribution < 1.29 is 0 Å². The van der Waals surface area contributed by atoms with Gasteiger partial charge in [-0.2, -0.15) is 0 Å². The number of nitrogens with zero attached hydrogens (tertiary/aromatic N) is 8. The van der Waals surface area contributed by atoms with Crippen LogP contribution < -0.4 is 9.80 Å². The van der Waals surface area contributed by atoms with Gasteiger partial charge in [0.15, 0.2) is 0 Å². The molecule has 15 rings (SSSR count). The minimum atomic E-state index is 0.579. The molecule has 0 radical (unpaired) electrons. The number of anilines is 2. The summed E-state index contributed by atoms with van der Waals surface area (Å²) < 4.78 is 8.45. The molecule has 8 aromatic rings. The van der Waals surface area contributed by atoms with Gasteiger partial charge in [0, 0.05) is 159 Å². The summed E-state index contributed by atoms with van der Waals surface area (Å²) >= 11 is 0. The minimum absolute atomic E-state index is 0.579. The second kappa shape index (κ2) is 25.8. The third-order valence-corrected chi connectivity index (χ3v) is 14.5. The summed E-state index contributed by atoms with van der Waals surface area (Å²) in [5.41, 5.74) is 17.1. The number of aromatic nitrogens is 4. The summed E-state index contributed by atoms with van der Waals surface area (Å²) in [6.45, 7) is 4.63. The first-order valence-electron chi connectivity index (χ1n) is 26.3. The molecule has 1 atom stereocenters. The number of hydrogen-bond donors (Lipinski definition) is 0. The van der Waals surface area contributed by atoms with E-state index in [4.69, 9.17) is 0 Å². The second-order valence-electron chi connectivity index (χ2n) is 20.1. The van der Waals surface area contributed by atoms with E-state index in [9.17, 15) is 0 Å². The Morgan fingerprint density at radius 2 is 1.08 bits per heavy atom. The Balaban J connectivity index is 0.000000113. The number of likely N-dealkylation sites (N-methyl/N-ethyl adjacent to an activating group) is 1. The highest BCUT2D eigenvalue weighted by molar-refractivity contribution is 5.79. The van der Waals surface area contributed by atoms with E-state index in [1.807, 2.05) is 36.1 Å². The van der Waals surface area contributed by atoms with Gasteiger partial charge in [-0.1, -0.05) is 115 Å². The van der Waals surface area contributed by atoms with Gasteiger partial charge < -0.3 is 33.0 Å². The van der Waals surface area contributed by atoms with Crippen LogP contribution in [0.4, 0.5) is 11.4 Å². The molecule has 0 saturated heterocycles. The smallest absolute Gasteiger partial charge is 0.0477 e. The Morgan fingerprint density at radius 3 is 1.72 bits per heavy atom. The average Bonchev–Trinajstić information content (AvgIpc) is 4.27. The molecule has 382 valence electrons. The second-order valence-corrected chi connectivity index (χ2v) is 20.1. The van der Waals surface area contributed by atoms with E-state index < -0.39 is 0 Å². The molecule has 8 nitrogen and oxygen atoms in total.